The molecule has 2 aromatic heterocycles. The Morgan fingerprint density at radius 1 is 0.957 bits per heavy atom. The largest absolute Gasteiger partial charge is 0.327 e. The molecule has 0 atom stereocenters. The van der Waals surface area contributed by atoms with Crippen LogP contribution in [0.1, 0.15) is 0 Å². The molecule has 2 aromatic carbocycles. The molecule has 4 rings (SSSR count). The van der Waals surface area contributed by atoms with E-state index in [1.807, 2.05) is 76.2 Å². The average molecular weight is 338 g/mol. The number of H-pyrrole nitrogens is 1. The van der Waals surface area contributed by atoms with Crippen LogP contribution >= 0.6 is 24.0 Å². The van der Waals surface area contributed by atoms with Crippen LogP contribution < -0.4 is 0 Å². The molecule has 0 bridgehead atoms. The molecule has 1 N–H and O–H groups in total. The van der Waals surface area contributed by atoms with Gasteiger partial charge in [0.2, 0.25) is 0 Å². The summed E-state index contributed by atoms with van der Waals surface area (Å²) in [5.74, 6) is 0. The molecule has 0 unspecified atom stereocenters. The van der Waals surface area contributed by atoms with E-state index in [1.54, 1.807) is 11.8 Å². The first-order valence-electron chi connectivity index (χ1n) is 7.18. The van der Waals surface area contributed by atoms with Gasteiger partial charge in [0.05, 0.1) is 5.69 Å². The van der Waals surface area contributed by atoms with E-state index >= 15 is 0 Å². The first-order chi connectivity index (χ1) is 11.3. The van der Waals surface area contributed by atoms with Crippen LogP contribution in [0.4, 0.5) is 0 Å². The van der Waals surface area contributed by atoms with E-state index < -0.39 is 0 Å². The van der Waals surface area contributed by atoms with E-state index in [-0.39, 0.29) is 0 Å². The zero-order valence-electron chi connectivity index (χ0n) is 12.4. The molecule has 0 fully saturated rings. The highest BCUT2D eigenvalue weighted by molar-refractivity contribution is 7.98. The summed E-state index contributed by atoms with van der Waals surface area (Å²) in [5, 5.41) is 5.86. The summed E-state index contributed by atoms with van der Waals surface area (Å²) in [6.07, 6.45) is 2.05. The molecule has 0 aliphatic rings. The zero-order chi connectivity index (χ0) is 15.8. The summed E-state index contributed by atoms with van der Waals surface area (Å²) in [5.41, 5.74) is 3.85. The summed E-state index contributed by atoms with van der Waals surface area (Å²) in [6.45, 7) is 0. The molecule has 0 amide bonds. The summed E-state index contributed by atoms with van der Waals surface area (Å²) in [4.78, 5) is 3.31. The third-order valence-corrected chi connectivity index (χ3v) is 4.73. The van der Waals surface area contributed by atoms with Gasteiger partial charge in [0, 0.05) is 5.69 Å². The lowest BCUT2D eigenvalue weighted by Crippen LogP contribution is -2.00. The lowest BCUT2D eigenvalue weighted by Gasteiger charge is -2.05. The Hall–Kier alpha value is -2.31. The van der Waals surface area contributed by atoms with Crippen LogP contribution in [0.15, 0.2) is 65.7 Å². The molecular weight excluding hydrogens is 324 g/mol. The van der Waals surface area contributed by atoms with E-state index in [0.717, 1.165) is 27.6 Å². The minimum Gasteiger partial charge on any atom is -0.327 e. The second-order valence-electron chi connectivity index (χ2n) is 5.06. The fourth-order valence-corrected chi connectivity index (χ4v) is 3.63. The number of hydrogen-bond acceptors (Lipinski definition) is 3. The number of aromatic nitrogens is 4. The molecule has 0 aliphatic heterocycles. The number of aromatic amines is 1. The van der Waals surface area contributed by atoms with Gasteiger partial charge in [-0.25, -0.2) is 4.68 Å². The SMILES string of the molecule is CSc1c2[nH]c(=S)n(-c3ccccc3)c2nn1-c1ccccc1. The smallest absolute Gasteiger partial charge is 0.187 e. The first kappa shape index (κ1) is 14.3. The highest BCUT2D eigenvalue weighted by Crippen LogP contribution is 2.29. The number of nitrogens with zero attached hydrogens (tertiary/aromatic N) is 3. The highest BCUT2D eigenvalue weighted by atomic mass is 32.2. The first-order valence-corrected chi connectivity index (χ1v) is 8.81. The fourth-order valence-electron chi connectivity index (χ4n) is 2.67. The van der Waals surface area contributed by atoms with Gasteiger partial charge in [0.25, 0.3) is 0 Å². The van der Waals surface area contributed by atoms with Gasteiger partial charge >= 0.3 is 0 Å². The molecule has 0 radical (unpaired) electrons. The van der Waals surface area contributed by atoms with Gasteiger partial charge < -0.3 is 4.98 Å². The predicted molar refractivity (Wildman–Crippen MR) is 97.4 cm³/mol. The van der Waals surface area contributed by atoms with Crippen molar-refractivity contribution in [3.05, 3.63) is 65.4 Å². The molecule has 2 heterocycles. The maximum atomic E-state index is 5.51. The Balaban J connectivity index is 2.03. The molecule has 4 aromatic rings. The van der Waals surface area contributed by atoms with Crippen LogP contribution in [-0.4, -0.2) is 25.6 Å². The fraction of sp³-hybridized carbons (Fsp3) is 0.0588. The summed E-state index contributed by atoms with van der Waals surface area (Å²) >= 11 is 7.16. The van der Waals surface area contributed by atoms with Gasteiger partial charge in [-0.2, -0.15) is 0 Å². The van der Waals surface area contributed by atoms with Gasteiger partial charge in [-0.3, -0.25) is 4.57 Å². The monoisotopic (exact) mass is 338 g/mol. The normalized spacial score (nSPS) is 11.2. The van der Waals surface area contributed by atoms with Crippen molar-refractivity contribution in [1.29, 1.82) is 0 Å². The molecular formula is C17H14N4S2. The number of benzene rings is 2. The molecule has 0 spiro atoms. The third-order valence-electron chi connectivity index (χ3n) is 3.68. The van der Waals surface area contributed by atoms with Crippen LogP contribution in [0.2, 0.25) is 0 Å². The summed E-state index contributed by atoms with van der Waals surface area (Å²) in [6, 6.07) is 20.2. The van der Waals surface area contributed by atoms with Crippen molar-refractivity contribution in [3.63, 3.8) is 0 Å². The second kappa shape index (κ2) is 5.72. The standard InChI is InChI=1S/C17H14N4S2/c1-23-16-14-15(19-21(16)13-10-6-3-7-11-13)20(17(22)18-14)12-8-4-2-5-9-12/h2-11H,1H3,(H,18,22). The van der Waals surface area contributed by atoms with Gasteiger partial charge in [-0.1, -0.05) is 36.4 Å². The molecule has 0 saturated heterocycles. The van der Waals surface area contributed by atoms with Gasteiger partial charge in [-0.05, 0) is 42.7 Å². The highest BCUT2D eigenvalue weighted by Gasteiger charge is 2.18. The molecule has 23 heavy (non-hydrogen) atoms. The Kier molecular flexibility index (Phi) is 3.55. The molecule has 6 heteroatoms. The van der Waals surface area contributed by atoms with Crippen molar-refractivity contribution in [2.75, 3.05) is 6.26 Å². The number of para-hydroxylation sites is 2. The maximum absolute atomic E-state index is 5.51. The van der Waals surface area contributed by atoms with Crippen molar-refractivity contribution in [1.82, 2.24) is 19.3 Å². The van der Waals surface area contributed by atoms with E-state index in [9.17, 15) is 0 Å². The van der Waals surface area contributed by atoms with Crippen molar-refractivity contribution in [2.24, 2.45) is 0 Å². The zero-order valence-corrected chi connectivity index (χ0v) is 14.1. The van der Waals surface area contributed by atoms with Crippen LogP contribution in [0.5, 0.6) is 0 Å². The van der Waals surface area contributed by atoms with E-state index in [1.165, 1.54) is 0 Å². The lowest BCUT2D eigenvalue weighted by molar-refractivity contribution is 0.801. The number of fused-ring (bicyclic) bond motifs is 1. The third kappa shape index (κ3) is 2.31. The Bertz CT molecular complexity index is 1010. The predicted octanol–water partition coefficient (Wildman–Crippen LogP) is 4.60. The summed E-state index contributed by atoms with van der Waals surface area (Å²) in [7, 11) is 0. The van der Waals surface area contributed by atoms with Crippen molar-refractivity contribution in [3.8, 4) is 11.4 Å². The van der Waals surface area contributed by atoms with Gasteiger partial charge in [0.1, 0.15) is 10.5 Å². The quantitative estimate of drug-likeness (QED) is 0.438. The van der Waals surface area contributed by atoms with Crippen LogP contribution in [0, 0.1) is 4.77 Å². The average Bonchev–Trinajstić information content (AvgIpc) is 3.10. The van der Waals surface area contributed by atoms with Crippen LogP contribution in [0.3, 0.4) is 0 Å². The number of nitrogens with one attached hydrogen (secondary N) is 1. The molecule has 114 valence electrons. The lowest BCUT2D eigenvalue weighted by atomic mass is 10.3. The number of thioether (sulfide) groups is 1. The molecule has 0 saturated carbocycles. The Morgan fingerprint density at radius 3 is 2.17 bits per heavy atom. The van der Waals surface area contributed by atoms with Crippen molar-refractivity contribution in [2.45, 2.75) is 5.03 Å². The number of rotatable bonds is 3. The Labute approximate surface area is 142 Å². The van der Waals surface area contributed by atoms with E-state index in [0.29, 0.717) is 4.77 Å². The van der Waals surface area contributed by atoms with Crippen LogP contribution in [0.25, 0.3) is 22.5 Å². The summed E-state index contributed by atoms with van der Waals surface area (Å²) < 4.78 is 4.59. The minimum absolute atomic E-state index is 0.657. The molecule has 0 aliphatic carbocycles. The van der Waals surface area contributed by atoms with E-state index in [4.69, 9.17) is 17.3 Å². The topological polar surface area (TPSA) is 38.5 Å². The van der Waals surface area contributed by atoms with Crippen molar-refractivity contribution >= 4 is 35.1 Å². The van der Waals surface area contributed by atoms with Crippen molar-refractivity contribution < 1.29 is 0 Å². The van der Waals surface area contributed by atoms with E-state index in [2.05, 4.69) is 4.98 Å². The number of hydrogen-bond donors (Lipinski definition) is 1. The minimum atomic E-state index is 0.657. The van der Waals surface area contributed by atoms with Gasteiger partial charge in [0.15, 0.2) is 10.4 Å². The molecule has 4 nitrogen and oxygen atoms in total. The van der Waals surface area contributed by atoms with Crippen LogP contribution in [-0.2, 0) is 0 Å². The number of imidazole rings is 1. The Morgan fingerprint density at radius 2 is 1.57 bits per heavy atom. The maximum Gasteiger partial charge on any atom is 0.187 e. The second-order valence-corrected chi connectivity index (χ2v) is 6.24. The van der Waals surface area contributed by atoms with Gasteiger partial charge in [-0.15, -0.1) is 16.9 Å².